The molecule has 1 amide bonds. The molecule has 0 bridgehead atoms. The number of carbonyl (C=O) groups is 2. The van der Waals surface area contributed by atoms with Crippen LogP contribution >= 0.6 is 0 Å². The van der Waals surface area contributed by atoms with Crippen LogP contribution in [0.15, 0.2) is 12.7 Å². The Morgan fingerprint density at radius 1 is 1.60 bits per heavy atom. The van der Waals surface area contributed by atoms with Crippen LogP contribution in [0.1, 0.15) is 0 Å². The van der Waals surface area contributed by atoms with Crippen molar-refractivity contribution in [2.45, 2.75) is 0 Å². The number of carboxylic acids is 1. The predicted octanol–water partition coefficient (Wildman–Crippen LogP) is -1.01. The molecule has 4 nitrogen and oxygen atoms in total. The Balaban J connectivity index is 0. The van der Waals surface area contributed by atoms with Crippen LogP contribution in [0.25, 0.3) is 0 Å². The zero-order valence-corrected chi connectivity index (χ0v) is 7.76. The van der Waals surface area contributed by atoms with Gasteiger partial charge in [-0.25, -0.2) is 0 Å². The Hall–Kier alpha value is -0.320. The SMILES string of the molecule is C=CC(=O)NCC(=O)O.[Na]. The van der Waals surface area contributed by atoms with Gasteiger partial charge in [0.25, 0.3) is 0 Å². The molecular weight excluding hydrogens is 145 g/mol. The van der Waals surface area contributed by atoms with Crippen molar-refractivity contribution in [3.8, 4) is 0 Å². The van der Waals surface area contributed by atoms with E-state index in [-0.39, 0.29) is 36.1 Å². The van der Waals surface area contributed by atoms with Gasteiger partial charge in [0.05, 0.1) is 0 Å². The molecule has 0 spiro atoms. The Bertz CT molecular complexity index is 146. The summed E-state index contributed by atoms with van der Waals surface area (Å²) in [6.45, 7) is 2.78. The van der Waals surface area contributed by atoms with Crippen LogP contribution in [0.5, 0.6) is 0 Å². The van der Waals surface area contributed by atoms with Crippen molar-refractivity contribution in [2.24, 2.45) is 0 Å². The quantitative estimate of drug-likeness (QED) is 0.402. The molecule has 0 fully saturated rings. The summed E-state index contributed by atoms with van der Waals surface area (Å²) in [7, 11) is 0. The van der Waals surface area contributed by atoms with Gasteiger partial charge in [0, 0.05) is 29.6 Å². The van der Waals surface area contributed by atoms with Gasteiger partial charge in [0.1, 0.15) is 6.54 Å². The molecule has 5 heteroatoms. The molecular formula is C5H7NNaO3. The van der Waals surface area contributed by atoms with Crippen LogP contribution in [0, 0.1) is 0 Å². The molecule has 0 aliphatic rings. The van der Waals surface area contributed by atoms with E-state index in [0.717, 1.165) is 6.08 Å². The molecule has 2 N–H and O–H groups in total. The number of hydrogen-bond donors (Lipinski definition) is 2. The Morgan fingerprint density at radius 3 is 2.40 bits per heavy atom. The van der Waals surface area contributed by atoms with Crippen molar-refractivity contribution >= 4 is 41.4 Å². The number of carboxylic acid groups (broad SMARTS) is 1. The van der Waals surface area contributed by atoms with Crippen LogP contribution in [0.4, 0.5) is 0 Å². The first-order valence-corrected chi connectivity index (χ1v) is 2.29. The van der Waals surface area contributed by atoms with Gasteiger partial charge in [0.2, 0.25) is 5.91 Å². The summed E-state index contributed by atoms with van der Waals surface area (Å²) in [5, 5.41) is 10.1. The molecule has 0 rings (SSSR count). The van der Waals surface area contributed by atoms with E-state index in [9.17, 15) is 9.59 Å². The zero-order valence-electron chi connectivity index (χ0n) is 5.76. The smallest absolute Gasteiger partial charge is 0.322 e. The first-order valence-electron chi connectivity index (χ1n) is 2.29. The normalized spacial score (nSPS) is 7.20. The minimum absolute atomic E-state index is 0. The van der Waals surface area contributed by atoms with E-state index >= 15 is 0 Å². The fourth-order valence-electron chi connectivity index (χ4n) is 0.235. The number of aliphatic carboxylic acids is 1. The molecule has 0 aliphatic heterocycles. The summed E-state index contributed by atoms with van der Waals surface area (Å²) in [6.07, 6.45) is 1.02. The average Bonchev–Trinajstić information content (AvgIpc) is 1.83. The van der Waals surface area contributed by atoms with Crippen molar-refractivity contribution < 1.29 is 14.7 Å². The largest absolute Gasteiger partial charge is 0.480 e. The first-order chi connectivity index (χ1) is 4.16. The second kappa shape index (κ2) is 6.80. The maximum Gasteiger partial charge on any atom is 0.322 e. The molecule has 0 aliphatic carbocycles. The van der Waals surface area contributed by atoms with Crippen molar-refractivity contribution in [3.63, 3.8) is 0 Å². The Kier molecular flexibility index (Phi) is 8.40. The van der Waals surface area contributed by atoms with Crippen molar-refractivity contribution in [3.05, 3.63) is 12.7 Å². The van der Waals surface area contributed by atoms with Gasteiger partial charge < -0.3 is 10.4 Å². The summed E-state index contributed by atoms with van der Waals surface area (Å²) in [5.74, 6) is -1.54. The summed E-state index contributed by atoms with van der Waals surface area (Å²) in [6, 6.07) is 0. The minimum atomic E-state index is -1.06. The van der Waals surface area contributed by atoms with E-state index in [2.05, 4.69) is 11.9 Å². The van der Waals surface area contributed by atoms with Gasteiger partial charge in [-0.2, -0.15) is 0 Å². The average molecular weight is 152 g/mol. The molecule has 0 aromatic rings. The molecule has 0 saturated carbocycles. The first kappa shape index (κ1) is 12.4. The summed E-state index contributed by atoms with van der Waals surface area (Å²) in [4.78, 5) is 20.0. The molecule has 10 heavy (non-hydrogen) atoms. The standard InChI is InChI=1S/C5H7NO3.Na/c1-2-4(7)6-3-5(8)9;/h2H,1,3H2,(H,6,7)(H,8,9);. The van der Waals surface area contributed by atoms with E-state index in [1.807, 2.05) is 0 Å². The molecule has 0 atom stereocenters. The van der Waals surface area contributed by atoms with Crippen molar-refractivity contribution in [1.82, 2.24) is 5.32 Å². The molecule has 0 unspecified atom stereocenters. The number of amides is 1. The molecule has 1 radical (unpaired) electrons. The summed E-state index contributed by atoms with van der Waals surface area (Å²) < 4.78 is 0. The predicted molar refractivity (Wildman–Crippen MR) is 36.6 cm³/mol. The molecule has 0 aromatic heterocycles. The Morgan fingerprint density at radius 2 is 2.10 bits per heavy atom. The van der Waals surface area contributed by atoms with Crippen LogP contribution in [-0.2, 0) is 9.59 Å². The van der Waals surface area contributed by atoms with Crippen LogP contribution in [0.2, 0.25) is 0 Å². The fourth-order valence-corrected chi connectivity index (χ4v) is 0.235. The topological polar surface area (TPSA) is 66.4 Å². The fraction of sp³-hybridized carbons (Fsp3) is 0.200. The number of nitrogens with one attached hydrogen (secondary N) is 1. The van der Waals surface area contributed by atoms with Crippen LogP contribution in [0.3, 0.4) is 0 Å². The van der Waals surface area contributed by atoms with Gasteiger partial charge in [-0.15, -0.1) is 0 Å². The van der Waals surface area contributed by atoms with Gasteiger partial charge in [-0.1, -0.05) is 6.58 Å². The van der Waals surface area contributed by atoms with Gasteiger partial charge >= 0.3 is 5.97 Å². The van der Waals surface area contributed by atoms with Gasteiger partial charge in [0.15, 0.2) is 0 Å². The summed E-state index contributed by atoms with van der Waals surface area (Å²) >= 11 is 0. The number of hydrogen-bond acceptors (Lipinski definition) is 2. The maximum atomic E-state index is 10.2. The second-order valence-electron chi connectivity index (χ2n) is 1.32. The van der Waals surface area contributed by atoms with E-state index < -0.39 is 11.9 Å². The van der Waals surface area contributed by atoms with Gasteiger partial charge in [-0.3, -0.25) is 9.59 Å². The molecule has 0 saturated heterocycles. The molecule has 0 heterocycles. The van der Waals surface area contributed by atoms with Crippen molar-refractivity contribution in [1.29, 1.82) is 0 Å². The number of rotatable bonds is 3. The van der Waals surface area contributed by atoms with E-state index in [1.165, 1.54) is 0 Å². The van der Waals surface area contributed by atoms with E-state index in [4.69, 9.17) is 5.11 Å². The third-order valence-electron chi connectivity index (χ3n) is 0.599. The zero-order chi connectivity index (χ0) is 7.28. The van der Waals surface area contributed by atoms with Gasteiger partial charge in [-0.05, 0) is 6.08 Å². The van der Waals surface area contributed by atoms with Crippen LogP contribution in [-0.4, -0.2) is 53.1 Å². The maximum absolute atomic E-state index is 10.2. The molecule has 51 valence electrons. The van der Waals surface area contributed by atoms with Crippen LogP contribution < -0.4 is 5.32 Å². The summed E-state index contributed by atoms with van der Waals surface area (Å²) in [5.41, 5.74) is 0. The van der Waals surface area contributed by atoms with Crippen molar-refractivity contribution in [2.75, 3.05) is 6.54 Å². The molecule has 0 aromatic carbocycles. The van der Waals surface area contributed by atoms with E-state index in [1.54, 1.807) is 0 Å². The second-order valence-corrected chi connectivity index (χ2v) is 1.32. The third kappa shape index (κ3) is 7.68. The minimum Gasteiger partial charge on any atom is -0.480 e. The monoisotopic (exact) mass is 152 g/mol. The van der Waals surface area contributed by atoms with E-state index in [0.29, 0.717) is 0 Å². The Labute approximate surface area is 80.6 Å². The number of carbonyl (C=O) groups excluding carboxylic acids is 1. The third-order valence-corrected chi connectivity index (χ3v) is 0.599.